The molecule has 1 aromatic rings. The second kappa shape index (κ2) is 5.86. The van der Waals surface area contributed by atoms with E-state index < -0.39 is 14.9 Å². The zero-order valence-corrected chi connectivity index (χ0v) is 11.7. The molecule has 1 aliphatic rings. The molecule has 1 aliphatic heterocycles. The summed E-state index contributed by atoms with van der Waals surface area (Å²) in [6.45, 7) is 1.80. The van der Waals surface area contributed by atoms with Crippen LogP contribution in [0.25, 0.3) is 0 Å². The summed E-state index contributed by atoms with van der Waals surface area (Å²) in [5.41, 5.74) is 0.373. The van der Waals surface area contributed by atoms with Crippen molar-refractivity contribution < 1.29 is 13.3 Å². The molecule has 1 atom stereocenters. The van der Waals surface area contributed by atoms with Crippen molar-refractivity contribution in [2.24, 2.45) is 11.1 Å². The van der Waals surface area contributed by atoms with E-state index in [1.54, 1.807) is 0 Å². The van der Waals surface area contributed by atoms with E-state index in [0.717, 1.165) is 32.0 Å². The molecule has 7 nitrogen and oxygen atoms in total. The van der Waals surface area contributed by atoms with Crippen LogP contribution in [0.3, 0.4) is 0 Å². The van der Waals surface area contributed by atoms with E-state index in [1.807, 2.05) is 0 Å². The van der Waals surface area contributed by atoms with E-state index in [9.17, 15) is 18.5 Å². The molecule has 1 fully saturated rings. The maximum Gasteiger partial charge on any atom is 0.273 e. The molecular weight excluding hydrogens is 282 g/mol. The first-order valence-electron chi connectivity index (χ1n) is 6.39. The van der Waals surface area contributed by atoms with Crippen LogP contribution < -0.4 is 10.5 Å². The number of piperidine rings is 1. The minimum absolute atomic E-state index is 0.179. The molecule has 0 bridgehead atoms. The molecule has 2 rings (SSSR count). The predicted octanol–water partition coefficient (Wildman–Crippen LogP) is 0.784. The monoisotopic (exact) mass is 299 g/mol. The Balaban J connectivity index is 2.30. The Bertz CT molecular complexity index is 609. The standard InChI is InChI=1S/C12H17N3O4S/c13-20(18,19)11-4-3-10(12(7-11)15(16)17)6-9-2-1-5-14-8-9/h3-4,7,9,14H,1-2,5-6,8H2,(H2,13,18,19). The summed E-state index contributed by atoms with van der Waals surface area (Å²) in [6, 6.07) is 3.86. The van der Waals surface area contributed by atoms with Crippen LogP contribution in [-0.2, 0) is 16.4 Å². The van der Waals surface area contributed by atoms with Crippen LogP contribution in [0.4, 0.5) is 5.69 Å². The molecule has 3 N–H and O–H groups in total. The smallest absolute Gasteiger partial charge is 0.273 e. The van der Waals surface area contributed by atoms with Gasteiger partial charge in [0.05, 0.1) is 9.82 Å². The molecule has 1 heterocycles. The summed E-state index contributed by atoms with van der Waals surface area (Å²) in [5.74, 6) is 0.336. The second-order valence-corrected chi connectivity index (χ2v) is 6.57. The summed E-state index contributed by atoms with van der Waals surface area (Å²) in [7, 11) is -3.93. The van der Waals surface area contributed by atoms with Crippen LogP contribution in [0.2, 0.25) is 0 Å². The number of nitrogens with two attached hydrogens (primary N) is 1. The van der Waals surface area contributed by atoms with Gasteiger partial charge >= 0.3 is 0 Å². The molecule has 1 unspecified atom stereocenters. The van der Waals surface area contributed by atoms with Gasteiger partial charge in [-0.05, 0) is 44.3 Å². The average molecular weight is 299 g/mol. The molecule has 110 valence electrons. The normalized spacial score (nSPS) is 19.8. The number of nitrogens with zero attached hydrogens (tertiary/aromatic N) is 1. The van der Waals surface area contributed by atoms with E-state index in [2.05, 4.69) is 5.32 Å². The Morgan fingerprint density at radius 2 is 2.20 bits per heavy atom. The van der Waals surface area contributed by atoms with Gasteiger partial charge in [-0.15, -0.1) is 0 Å². The van der Waals surface area contributed by atoms with E-state index in [-0.39, 0.29) is 10.6 Å². The number of hydrogen-bond acceptors (Lipinski definition) is 5. The molecule has 0 aromatic heterocycles. The van der Waals surface area contributed by atoms with E-state index in [0.29, 0.717) is 17.9 Å². The lowest BCUT2D eigenvalue weighted by molar-refractivity contribution is -0.385. The van der Waals surface area contributed by atoms with Gasteiger partial charge in [-0.25, -0.2) is 13.6 Å². The fourth-order valence-corrected chi connectivity index (χ4v) is 3.01. The predicted molar refractivity (Wildman–Crippen MR) is 73.8 cm³/mol. The number of nitrogens with one attached hydrogen (secondary N) is 1. The number of rotatable bonds is 4. The lowest BCUT2D eigenvalue weighted by atomic mass is 9.92. The number of nitro benzene ring substituents is 1. The Morgan fingerprint density at radius 1 is 1.45 bits per heavy atom. The first-order valence-corrected chi connectivity index (χ1v) is 7.93. The van der Waals surface area contributed by atoms with Crippen molar-refractivity contribution in [3.05, 3.63) is 33.9 Å². The third-order valence-electron chi connectivity index (χ3n) is 3.49. The third-order valence-corrected chi connectivity index (χ3v) is 4.40. The molecule has 1 saturated heterocycles. The van der Waals surface area contributed by atoms with Crippen LogP contribution in [0, 0.1) is 16.0 Å². The highest BCUT2D eigenvalue weighted by Crippen LogP contribution is 2.26. The number of benzene rings is 1. The van der Waals surface area contributed by atoms with E-state index in [4.69, 9.17) is 5.14 Å². The third kappa shape index (κ3) is 3.53. The van der Waals surface area contributed by atoms with Crippen LogP contribution >= 0.6 is 0 Å². The highest BCUT2D eigenvalue weighted by molar-refractivity contribution is 7.89. The first kappa shape index (κ1) is 14.9. The first-order chi connectivity index (χ1) is 9.38. The SMILES string of the molecule is NS(=O)(=O)c1ccc(CC2CCCNC2)c([N+](=O)[O-])c1. The Labute approximate surface area is 117 Å². The van der Waals surface area contributed by atoms with Crippen molar-refractivity contribution in [2.75, 3.05) is 13.1 Å². The Hall–Kier alpha value is -1.51. The molecule has 20 heavy (non-hydrogen) atoms. The van der Waals surface area contributed by atoms with Gasteiger partial charge < -0.3 is 5.32 Å². The minimum Gasteiger partial charge on any atom is -0.316 e. The van der Waals surface area contributed by atoms with Crippen molar-refractivity contribution >= 4 is 15.7 Å². The Morgan fingerprint density at radius 3 is 2.75 bits per heavy atom. The lowest BCUT2D eigenvalue weighted by Crippen LogP contribution is -2.31. The maximum atomic E-state index is 11.3. The van der Waals surface area contributed by atoms with Crippen LogP contribution in [0.5, 0.6) is 0 Å². The number of primary sulfonamides is 1. The largest absolute Gasteiger partial charge is 0.316 e. The number of nitro groups is 1. The van der Waals surface area contributed by atoms with Gasteiger partial charge in [0.25, 0.3) is 5.69 Å². The molecule has 1 aromatic carbocycles. The van der Waals surface area contributed by atoms with Gasteiger partial charge in [-0.1, -0.05) is 6.07 Å². The summed E-state index contributed by atoms with van der Waals surface area (Å²) < 4.78 is 22.5. The lowest BCUT2D eigenvalue weighted by Gasteiger charge is -2.22. The average Bonchev–Trinajstić information content (AvgIpc) is 2.38. The molecule has 0 amide bonds. The molecular formula is C12H17N3O4S. The zero-order valence-electron chi connectivity index (χ0n) is 10.9. The van der Waals surface area contributed by atoms with Crippen molar-refractivity contribution in [1.82, 2.24) is 5.32 Å². The summed E-state index contributed by atoms with van der Waals surface area (Å²) in [5, 5.41) is 19.4. The van der Waals surface area contributed by atoms with Crippen molar-refractivity contribution in [2.45, 2.75) is 24.2 Å². The molecule has 0 spiro atoms. The quantitative estimate of drug-likeness (QED) is 0.629. The van der Waals surface area contributed by atoms with Crippen LogP contribution in [-0.4, -0.2) is 26.4 Å². The van der Waals surface area contributed by atoms with E-state index in [1.165, 1.54) is 12.1 Å². The van der Waals surface area contributed by atoms with E-state index >= 15 is 0 Å². The molecule has 0 aliphatic carbocycles. The van der Waals surface area contributed by atoms with Crippen molar-refractivity contribution in [1.29, 1.82) is 0 Å². The highest BCUT2D eigenvalue weighted by Gasteiger charge is 2.22. The number of hydrogen-bond donors (Lipinski definition) is 2. The van der Waals surface area contributed by atoms with Gasteiger partial charge in [0.2, 0.25) is 10.0 Å². The van der Waals surface area contributed by atoms with Crippen LogP contribution in [0.1, 0.15) is 18.4 Å². The molecule has 0 saturated carbocycles. The molecule has 8 heteroatoms. The van der Waals surface area contributed by atoms with Crippen LogP contribution in [0.15, 0.2) is 23.1 Å². The Kier molecular flexibility index (Phi) is 4.36. The highest BCUT2D eigenvalue weighted by atomic mass is 32.2. The summed E-state index contributed by atoms with van der Waals surface area (Å²) >= 11 is 0. The summed E-state index contributed by atoms with van der Waals surface area (Å²) in [6.07, 6.45) is 2.63. The summed E-state index contributed by atoms with van der Waals surface area (Å²) in [4.78, 5) is 10.3. The van der Waals surface area contributed by atoms with Crippen molar-refractivity contribution in [3.63, 3.8) is 0 Å². The second-order valence-electron chi connectivity index (χ2n) is 5.01. The van der Waals surface area contributed by atoms with Gasteiger partial charge in [-0.2, -0.15) is 0 Å². The fourth-order valence-electron chi connectivity index (χ4n) is 2.47. The maximum absolute atomic E-state index is 11.3. The topological polar surface area (TPSA) is 115 Å². The zero-order chi connectivity index (χ0) is 14.8. The van der Waals surface area contributed by atoms with Gasteiger partial charge in [0, 0.05) is 11.6 Å². The van der Waals surface area contributed by atoms with Gasteiger partial charge in [-0.3, -0.25) is 10.1 Å². The molecule has 0 radical (unpaired) electrons. The fraction of sp³-hybridized carbons (Fsp3) is 0.500. The van der Waals surface area contributed by atoms with Gasteiger partial charge in [0.15, 0.2) is 0 Å². The minimum atomic E-state index is -3.93. The van der Waals surface area contributed by atoms with Gasteiger partial charge in [0.1, 0.15) is 0 Å². The number of sulfonamides is 1. The van der Waals surface area contributed by atoms with Crippen molar-refractivity contribution in [3.8, 4) is 0 Å².